The molecule has 0 aromatic heterocycles. The number of rotatable bonds is 1. The van der Waals surface area contributed by atoms with Crippen molar-refractivity contribution in [2.45, 2.75) is 19.4 Å². The van der Waals surface area contributed by atoms with Crippen LogP contribution in [0.4, 0.5) is 8.78 Å². The van der Waals surface area contributed by atoms with E-state index in [9.17, 15) is 8.78 Å². The van der Waals surface area contributed by atoms with E-state index >= 15 is 0 Å². The number of aliphatic hydroxyl groups excluding tert-OH is 1. The summed E-state index contributed by atoms with van der Waals surface area (Å²) in [7, 11) is 0. The van der Waals surface area contributed by atoms with Crippen molar-refractivity contribution < 1.29 is 18.6 Å². The lowest BCUT2D eigenvalue weighted by atomic mass is 9.99. The normalized spacial score (nSPS) is 14.8. The summed E-state index contributed by atoms with van der Waals surface area (Å²) >= 11 is 0. The number of benzene rings is 1. The second kappa shape index (κ2) is 3.53. The summed E-state index contributed by atoms with van der Waals surface area (Å²) in [5.41, 5.74) is 0.623. The van der Waals surface area contributed by atoms with Gasteiger partial charge in [0.25, 0.3) is 0 Å². The third-order valence-electron chi connectivity index (χ3n) is 2.38. The predicted octanol–water partition coefficient (Wildman–Crippen LogP) is 1.78. The van der Waals surface area contributed by atoms with Crippen LogP contribution in [0.5, 0.6) is 5.75 Å². The van der Waals surface area contributed by atoms with Gasteiger partial charge in [0.1, 0.15) is 5.75 Å². The minimum Gasteiger partial charge on any atom is -0.493 e. The maximum absolute atomic E-state index is 13.2. The van der Waals surface area contributed by atoms with Gasteiger partial charge in [-0.3, -0.25) is 0 Å². The van der Waals surface area contributed by atoms with Crippen molar-refractivity contribution in [2.24, 2.45) is 0 Å². The van der Waals surface area contributed by atoms with Crippen molar-refractivity contribution in [1.29, 1.82) is 0 Å². The Kier molecular flexibility index (Phi) is 2.37. The zero-order valence-electron chi connectivity index (χ0n) is 7.52. The molecule has 0 radical (unpaired) electrons. The standard InChI is InChI=1S/C10H10F2O2/c11-8-4-9-6(2-1-3-14-9)7(5-13)10(8)12/h4,13H,1-3,5H2. The molecule has 0 aliphatic carbocycles. The smallest absolute Gasteiger partial charge is 0.164 e. The van der Waals surface area contributed by atoms with E-state index in [1.165, 1.54) is 0 Å². The fourth-order valence-electron chi connectivity index (χ4n) is 1.69. The van der Waals surface area contributed by atoms with Crippen molar-refractivity contribution in [2.75, 3.05) is 6.61 Å². The lowest BCUT2D eigenvalue weighted by Crippen LogP contribution is -2.13. The van der Waals surface area contributed by atoms with E-state index in [0.29, 0.717) is 24.3 Å². The van der Waals surface area contributed by atoms with Gasteiger partial charge in [0.2, 0.25) is 0 Å². The van der Waals surface area contributed by atoms with Crippen LogP contribution in [0.2, 0.25) is 0 Å². The maximum Gasteiger partial charge on any atom is 0.164 e. The zero-order chi connectivity index (χ0) is 10.1. The number of halogens is 2. The van der Waals surface area contributed by atoms with Crippen LogP contribution in [0.3, 0.4) is 0 Å². The molecule has 4 heteroatoms. The fraction of sp³-hybridized carbons (Fsp3) is 0.400. The van der Waals surface area contributed by atoms with Gasteiger partial charge in [-0.15, -0.1) is 0 Å². The van der Waals surface area contributed by atoms with Gasteiger partial charge in [0.15, 0.2) is 11.6 Å². The highest BCUT2D eigenvalue weighted by Gasteiger charge is 2.20. The van der Waals surface area contributed by atoms with Crippen LogP contribution in [0, 0.1) is 11.6 Å². The highest BCUT2D eigenvalue weighted by atomic mass is 19.2. The Labute approximate surface area is 80.1 Å². The number of ether oxygens (including phenoxy) is 1. The lowest BCUT2D eigenvalue weighted by Gasteiger charge is -2.20. The van der Waals surface area contributed by atoms with Gasteiger partial charge in [-0.2, -0.15) is 0 Å². The second-order valence-corrected chi connectivity index (χ2v) is 3.24. The van der Waals surface area contributed by atoms with Crippen molar-refractivity contribution in [3.63, 3.8) is 0 Å². The molecule has 2 nitrogen and oxygen atoms in total. The van der Waals surface area contributed by atoms with Crippen LogP contribution in [0.1, 0.15) is 17.5 Å². The molecule has 0 saturated carbocycles. The zero-order valence-corrected chi connectivity index (χ0v) is 7.52. The molecule has 0 spiro atoms. The molecule has 76 valence electrons. The van der Waals surface area contributed by atoms with Crippen LogP contribution in [0.15, 0.2) is 6.07 Å². The van der Waals surface area contributed by atoms with Gasteiger partial charge in [-0.05, 0) is 12.8 Å². The van der Waals surface area contributed by atoms with E-state index in [4.69, 9.17) is 9.84 Å². The summed E-state index contributed by atoms with van der Waals surface area (Å²) in [4.78, 5) is 0. The minimum absolute atomic E-state index is 0.0275. The van der Waals surface area contributed by atoms with Gasteiger partial charge in [0.05, 0.1) is 13.2 Å². The van der Waals surface area contributed by atoms with E-state index in [1.807, 2.05) is 0 Å². The highest BCUT2D eigenvalue weighted by molar-refractivity contribution is 5.42. The molecule has 0 atom stereocenters. The van der Waals surface area contributed by atoms with E-state index in [1.54, 1.807) is 0 Å². The molecule has 1 aliphatic rings. The highest BCUT2D eigenvalue weighted by Crippen LogP contribution is 2.31. The molecule has 2 rings (SSSR count). The van der Waals surface area contributed by atoms with Crippen LogP contribution >= 0.6 is 0 Å². The first-order chi connectivity index (χ1) is 6.74. The van der Waals surface area contributed by atoms with Gasteiger partial charge in [-0.1, -0.05) is 0 Å². The number of aliphatic hydroxyl groups is 1. The molecule has 14 heavy (non-hydrogen) atoms. The topological polar surface area (TPSA) is 29.5 Å². The number of hydrogen-bond acceptors (Lipinski definition) is 2. The van der Waals surface area contributed by atoms with Crippen molar-refractivity contribution in [3.8, 4) is 5.75 Å². The third-order valence-corrected chi connectivity index (χ3v) is 2.38. The molecule has 0 bridgehead atoms. The van der Waals surface area contributed by atoms with Crippen molar-refractivity contribution in [1.82, 2.24) is 0 Å². The first kappa shape index (κ1) is 9.40. The summed E-state index contributed by atoms with van der Waals surface area (Å²) in [6.07, 6.45) is 1.40. The van der Waals surface area contributed by atoms with Crippen LogP contribution in [-0.4, -0.2) is 11.7 Å². The SMILES string of the molecule is OCc1c(F)c(F)cc2c1CCCO2. The minimum atomic E-state index is -0.963. The monoisotopic (exact) mass is 200 g/mol. The summed E-state index contributed by atoms with van der Waals surface area (Å²) in [5.74, 6) is -1.56. The summed E-state index contributed by atoms with van der Waals surface area (Å²) in [6, 6.07) is 1.04. The number of hydrogen-bond donors (Lipinski definition) is 1. The molecule has 1 aromatic rings. The lowest BCUT2D eigenvalue weighted by molar-refractivity contribution is 0.256. The van der Waals surface area contributed by atoms with Gasteiger partial charge >= 0.3 is 0 Å². The Morgan fingerprint density at radius 1 is 1.43 bits per heavy atom. The fourth-order valence-corrected chi connectivity index (χ4v) is 1.69. The van der Waals surface area contributed by atoms with E-state index < -0.39 is 18.2 Å². The van der Waals surface area contributed by atoms with E-state index in [2.05, 4.69) is 0 Å². The summed E-state index contributed by atoms with van der Waals surface area (Å²) < 4.78 is 31.4. The predicted molar refractivity (Wildman–Crippen MR) is 46.1 cm³/mol. The molecule has 0 fully saturated rings. The molecule has 1 aliphatic heterocycles. The first-order valence-electron chi connectivity index (χ1n) is 4.47. The molecule has 0 unspecified atom stereocenters. The van der Waals surface area contributed by atoms with Crippen molar-refractivity contribution >= 4 is 0 Å². The molecule has 1 aromatic carbocycles. The van der Waals surface area contributed by atoms with Gasteiger partial charge in [-0.25, -0.2) is 8.78 Å². The quantitative estimate of drug-likeness (QED) is 0.748. The Bertz CT molecular complexity index is 364. The first-order valence-corrected chi connectivity index (χ1v) is 4.47. The second-order valence-electron chi connectivity index (χ2n) is 3.24. The summed E-state index contributed by atoms with van der Waals surface area (Å²) in [6.45, 7) is 0.0260. The molecule has 0 saturated heterocycles. The molecule has 0 amide bonds. The average Bonchev–Trinajstić information content (AvgIpc) is 2.20. The molecular formula is C10H10F2O2. The van der Waals surface area contributed by atoms with Crippen LogP contribution in [0.25, 0.3) is 0 Å². The maximum atomic E-state index is 13.2. The summed E-state index contributed by atoms with van der Waals surface area (Å²) in [5, 5.41) is 8.94. The van der Waals surface area contributed by atoms with Crippen LogP contribution < -0.4 is 4.74 Å². The Morgan fingerprint density at radius 3 is 2.93 bits per heavy atom. The molecule has 1 heterocycles. The van der Waals surface area contributed by atoms with Crippen LogP contribution in [-0.2, 0) is 13.0 Å². The third kappa shape index (κ3) is 1.35. The number of fused-ring (bicyclic) bond motifs is 1. The molecule has 1 N–H and O–H groups in total. The molecular weight excluding hydrogens is 190 g/mol. The van der Waals surface area contributed by atoms with Crippen molar-refractivity contribution in [3.05, 3.63) is 28.8 Å². The van der Waals surface area contributed by atoms with E-state index in [0.717, 1.165) is 12.5 Å². The van der Waals surface area contributed by atoms with Gasteiger partial charge < -0.3 is 9.84 Å². The Hall–Kier alpha value is -1.16. The Balaban J connectivity index is 2.60. The largest absolute Gasteiger partial charge is 0.493 e. The van der Waals surface area contributed by atoms with E-state index in [-0.39, 0.29) is 5.56 Å². The van der Waals surface area contributed by atoms with Gasteiger partial charge in [0, 0.05) is 17.2 Å². The average molecular weight is 200 g/mol. The Morgan fingerprint density at radius 2 is 2.21 bits per heavy atom.